The van der Waals surface area contributed by atoms with Crippen molar-refractivity contribution in [1.29, 1.82) is 0 Å². The van der Waals surface area contributed by atoms with Gasteiger partial charge in [-0.05, 0) is 13.8 Å². The van der Waals surface area contributed by atoms with E-state index in [1.807, 2.05) is 6.92 Å². The number of hydrogen-bond acceptors (Lipinski definition) is 5. The Morgan fingerprint density at radius 1 is 1.50 bits per heavy atom. The molecule has 7 heteroatoms. The van der Waals surface area contributed by atoms with Crippen LogP contribution in [0.15, 0.2) is 0 Å². The number of ether oxygens (including phenoxy) is 1. The van der Waals surface area contributed by atoms with Crippen LogP contribution in [0.2, 0.25) is 0 Å². The summed E-state index contributed by atoms with van der Waals surface area (Å²) >= 11 is 0. The maximum absolute atomic E-state index is 11.8. The fourth-order valence-corrected chi connectivity index (χ4v) is 1.46. The Balaban J connectivity index is 3.00. The van der Waals surface area contributed by atoms with Crippen LogP contribution in [-0.4, -0.2) is 47.0 Å². The number of likely N-dealkylation sites (N-methyl/N-ethyl adjacent to an activating group) is 1. The second-order valence-corrected chi connectivity index (χ2v) is 3.88. The molecular weight excluding hydrogens is 236 g/mol. The fourth-order valence-electron chi connectivity index (χ4n) is 1.46. The number of imidazole rings is 1. The van der Waals surface area contributed by atoms with Crippen LogP contribution in [0.3, 0.4) is 0 Å². The Kier molecular flexibility index (Phi) is 4.30. The smallest absolute Gasteiger partial charge is 0.360 e. The Morgan fingerprint density at radius 3 is 2.61 bits per heavy atom. The molecule has 1 heterocycles. The molecule has 0 saturated carbocycles. The number of hydrogen-bond donors (Lipinski definition) is 1. The summed E-state index contributed by atoms with van der Waals surface area (Å²) in [7, 11) is 2.96. The van der Waals surface area contributed by atoms with Crippen molar-refractivity contribution < 1.29 is 14.3 Å². The fraction of sp³-hybridized carbons (Fsp3) is 0.545. The van der Waals surface area contributed by atoms with Gasteiger partial charge in [-0.3, -0.25) is 4.79 Å². The molecule has 1 rings (SSSR count). The number of methoxy groups -OCH3 is 1. The zero-order valence-electron chi connectivity index (χ0n) is 11.1. The summed E-state index contributed by atoms with van der Waals surface area (Å²) in [6.45, 7) is 4.23. The number of carbonyl (C=O) groups is 2. The molecular formula is C11H18N4O3. The monoisotopic (exact) mass is 254 g/mol. The summed E-state index contributed by atoms with van der Waals surface area (Å²) in [6, 6.07) is 0. The third kappa shape index (κ3) is 2.61. The topological polar surface area (TPSA) is 90.5 Å². The summed E-state index contributed by atoms with van der Waals surface area (Å²) in [6.07, 6.45) is 0. The van der Waals surface area contributed by atoms with Crippen LogP contribution in [0.5, 0.6) is 0 Å². The molecule has 18 heavy (non-hydrogen) atoms. The minimum atomic E-state index is -0.606. The van der Waals surface area contributed by atoms with E-state index in [0.717, 1.165) is 0 Å². The van der Waals surface area contributed by atoms with Crippen LogP contribution >= 0.6 is 0 Å². The van der Waals surface area contributed by atoms with Gasteiger partial charge in [0.2, 0.25) is 5.91 Å². The average molecular weight is 254 g/mol. The molecule has 0 fully saturated rings. The van der Waals surface area contributed by atoms with Crippen molar-refractivity contribution >= 4 is 17.7 Å². The van der Waals surface area contributed by atoms with Crippen LogP contribution in [-0.2, 0) is 16.1 Å². The summed E-state index contributed by atoms with van der Waals surface area (Å²) in [5.41, 5.74) is 5.84. The Morgan fingerprint density at radius 2 is 2.11 bits per heavy atom. The predicted octanol–water partition coefficient (Wildman–Crippen LogP) is 0.0386. The van der Waals surface area contributed by atoms with Crippen molar-refractivity contribution in [2.75, 3.05) is 26.4 Å². The molecule has 0 radical (unpaired) electrons. The number of esters is 1. The number of aryl methyl sites for hydroxylation is 1. The quantitative estimate of drug-likeness (QED) is 0.766. The average Bonchev–Trinajstić information content (AvgIpc) is 2.64. The highest BCUT2D eigenvalue weighted by atomic mass is 16.5. The second-order valence-electron chi connectivity index (χ2n) is 3.88. The highest BCUT2D eigenvalue weighted by Gasteiger charge is 2.21. The minimum Gasteiger partial charge on any atom is -0.464 e. The molecule has 0 bridgehead atoms. The number of nitrogens with zero attached hydrogens (tertiary/aromatic N) is 3. The lowest BCUT2D eigenvalue weighted by Gasteiger charge is -2.15. The highest BCUT2D eigenvalue weighted by molar-refractivity contribution is 5.92. The Bertz CT molecular complexity index is 467. The summed E-state index contributed by atoms with van der Waals surface area (Å²) < 4.78 is 6.07. The number of nitrogens with two attached hydrogens (primary N) is 1. The maximum atomic E-state index is 11.8. The molecule has 0 atom stereocenters. The van der Waals surface area contributed by atoms with Gasteiger partial charge in [0.15, 0.2) is 5.69 Å². The first kappa shape index (κ1) is 14.0. The molecule has 100 valence electrons. The summed E-state index contributed by atoms with van der Waals surface area (Å²) in [5.74, 6) is -0.0466. The van der Waals surface area contributed by atoms with Gasteiger partial charge in [0.25, 0.3) is 0 Å². The molecule has 7 nitrogen and oxygen atoms in total. The molecule has 1 amide bonds. The first-order valence-electron chi connectivity index (χ1n) is 5.57. The van der Waals surface area contributed by atoms with Gasteiger partial charge < -0.3 is 19.9 Å². The number of anilines is 1. The molecule has 0 unspecified atom stereocenters. The van der Waals surface area contributed by atoms with Crippen LogP contribution in [0.1, 0.15) is 23.2 Å². The van der Waals surface area contributed by atoms with E-state index in [1.54, 1.807) is 18.9 Å². The zero-order chi connectivity index (χ0) is 13.9. The maximum Gasteiger partial charge on any atom is 0.360 e. The molecule has 0 aliphatic rings. The van der Waals surface area contributed by atoms with E-state index in [2.05, 4.69) is 9.72 Å². The van der Waals surface area contributed by atoms with Crippen molar-refractivity contribution in [2.45, 2.75) is 20.4 Å². The number of rotatable bonds is 4. The second kappa shape index (κ2) is 5.52. The highest BCUT2D eigenvalue weighted by Crippen LogP contribution is 2.15. The molecule has 0 saturated heterocycles. The lowest BCUT2D eigenvalue weighted by Crippen LogP contribution is -2.30. The van der Waals surface area contributed by atoms with Gasteiger partial charge >= 0.3 is 5.97 Å². The van der Waals surface area contributed by atoms with Gasteiger partial charge in [0, 0.05) is 13.6 Å². The van der Waals surface area contributed by atoms with Crippen LogP contribution in [0.25, 0.3) is 0 Å². The third-order valence-electron chi connectivity index (χ3n) is 2.77. The molecule has 2 N–H and O–H groups in total. The van der Waals surface area contributed by atoms with E-state index in [4.69, 9.17) is 5.73 Å². The van der Waals surface area contributed by atoms with Gasteiger partial charge in [-0.1, -0.05) is 0 Å². The van der Waals surface area contributed by atoms with E-state index in [1.165, 1.54) is 11.7 Å². The molecule has 1 aromatic heterocycles. The van der Waals surface area contributed by atoms with Crippen LogP contribution in [0, 0.1) is 6.92 Å². The van der Waals surface area contributed by atoms with E-state index < -0.39 is 5.97 Å². The van der Waals surface area contributed by atoms with Crippen LogP contribution < -0.4 is 5.73 Å². The molecule has 1 aromatic rings. The molecule has 0 aliphatic heterocycles. The first-order chi connectivity index (χ1) is 8.42. The van der Waals surface area contributed by atoms with Crippen LogP contribution in [0.4, 0.5) is 5.82 Å². The van der Waals surface area contributed by atoms with E-state index in [9.17, 15) is 9.59 Å². The summed E-state index contributed by atoms with van der Waals surface area (Å²) in [5, 5.41) is 0. The van der Waals surface area contributed by atoms with Crippen molar-refractivity contribution in [3.63, 3.8) is 0 Å². The molecule has 0 aliphatic carbocycles. The molecule has 0 aromatic carbocycles. The lowest BCUT2D eigenvalue weighted by atomic mass is 10.4. The molecule has 0 spiro atoms. The predicted molar refractivity (Wildman–Crippen MR) is 66.0 cm³/mol. The normalized spacial score (nSPS) is 10.2. The van der Waals surface area contributed by atoms with E-state index in [-0.39, 0.29) is 24.0 Å². The van der Waals surface area contributed by atoms with Gasteiger partial charge in [0.1, 0.15) is 18.2 Å². The number of amides is 1. The zero-order valence-corrected chi connectivity index (χ0v) is 11.1. The van der Waals surface area contributed by atoms with Crippen molar-refractivity contribution in [2.24, 2.45) is 0 Å². The number of carbonyl (C=O) groups excluding carboxylic acids is 2. The SMILES string of the molecule is CCN(C)C(=O)Cn1c(C)nc(C(=O)OC)c1N. The first-order valence-corrected chi connectivity index (χ1v) is 5.57. The third-order valence-corrected chi connectivity index (χ3v) is 2.77. The lowest BCUT2D eigenvalue weighted by molar-refractivity contribution is -0.130. The number of aromatic nitrogens is 2. The van der Waals surface area contributed by atoms with E-state index >= 15 is 0 Å². The Labute approximate surface area is 106 Å². The van der Waals surface area contributed by atoms with Crippen molar-refractivity contribution in [1.82, 2.24) is 14.5 Å². The van der Waals surface area contributed by atoms with E-state index in [0.29, 0.717) is 12.4 Å². The van der Waals surface area contributed by atoms with Gasteiger partial charge in [-0.15, -0.1) is 0 Å². The number of nitrogen functional groups attached to an aromatic ring is 1. The van der Waals surface area contributed by atoms with Gasteiger partial charge in [0.05, 0.1) is 7.11 Å². The van der Waals surface area contributed by atoms with Crippen molar-refractivity contribution in [3.8, 4) is 0 Å². The summed E-state index contributed by atoms with van der Waals surface area (Å²) in [4.78, 5) is 28.8. The largest absolute Gasteiger partial charge is 0.464 e. The standard InChI is InChI=1S/C11H18N4O3/c1-5-14(3)8(16)6-15-7(2)13-9(10(15)12)11(17)18-4/h5-6,12H2,1-4H3. The van der Waals surface area contributed by atoms with Gasteiger partial charge in [-0.2, -0.15) is 0 Å². The van der Waals surface area contributed by atoms with Gasteiger partial charge in [-0.25, -0.2) is 9.78 Å². The minimum absolute atomic E-state index is 0.0435. The Hall–Kier alpha value is -2.05. The van der Waals surface area contributed by atoms with Crippen molar-refractivity contribution in [3.05, 3.63) is 11.5 Å².